The third-order valence-electron chi connectivity index (χ3n) is 2.41. The lowest BCUT2D eigenvalue weighted by Crippen LogP contribution is -2.36. The molecule has 0 saturated heterocycles. The van der Waals surface area contributed by atoms with E-state index in [1.165, 1.54) is 7.11 Å². The molecule has 0 aromatic rings. The Balaban J connectivity index is 3.49. The number of nitrogens with one attached hydrogen (secondary N) is 1. The van der Waals surface area contributed by atoms with Crippen LogP contribution >= 0.6 is 0 Å². The summed E-state index contributed by atoms with van der Waals surface area (Å²) in [7, 11) is 3.30. The molecule has 5 nitrogen and oxygen atoms in total. The van der Waals surface area contributed by atoms with Crippen molar-refractivity contribution in [2.75, 3.05) is 33.8 Å². The minimum Gasteiger partial charge on any atom is -0.469 e. The monoisotopic (exact) mass is 244 g/mol. The van der Waals surface area contributed by atoms with Gasteiger partial charge in [-0.1, -0.05) is 13.3 Å². The number of carbonyl (C=O) groups excluding carboxylic acids is 2. The maximum absolute atomic E-state index is 11.5. The number of nitrogens with zero attached hydrogens (tertiary/aromatic N) is 1. The molecular formula is C12H24N2O3. The molecule has 0 saturated carbocycles. The molecule has 0 aromatic heterocycles. The Hall–Kier alpha value is -1.10. The van der Waals surface area contributed by atoms with Crippen LogP contribution in [0, 0.1) is 0 Å². The van der Waals surface area contributed by atoms with Gasteiger partial charge in [-0.15, -0.1) is 0 Å². The molecule has 0 aromatic carbocycles. The molecule has 0 atom stereocenters. The van der Waals surface area contributed by atoms with Crippen LogP contribution in [0.5, 0.6) is 0 Å². The molecule has 0 fully saturated rings. The third kappa shape index (κ3) is 9.81. The zero-order chi connectivity index (χ0) is 13.1. The van der Waals surface area contributed by atoms with Gasteiger partial charge < -0.3 is 10.1 Å². The van der Waals surface area contributed by atoms with Crippen molar-refractivity contribution in [3.05, 3.63) is 0 Å². The molecule has 17 heavy (non-hydrogen) atoms. The Morgan fingerprint density at radius 3 is 2.59 bits per heavy atom. The van der Waals surface area contributed by atoms with Crippen LogP contribution in [0.15, 0.2) is 0 Å². The van der Waals surface area contributed by atoms with Gasteiger partial charge in [-0.3, -0.25) is 14.5 Å². The van der Waals surface area contributed by atoms with E-state index in [-0.39, 0.29) is 11.9 Å². The van der Waals surface area contributed by atoms with Crippen molar-refractivity contribution in [1.82, 2.24) is 10.2 Å². The summed E-state index contributed by atoms with van der Waals surface area (Å²) < 4.78 is 4.51. The van der Waals surface area contributed by atoms with Crippen LogP contribution in [-0.2, 0) is 14.3 Å². The van der Waals surface area contributed by atoms with Crippen molar-refractivity contribution in [1.29, 1.82) is 0 Å². The van der Waals surface area contributed by atoms with Crippen molar-refractivity contribution in [2.24, 2.45) is 0 Å². The van der Waals surface area contributed by atoms with Gasteiger partial charge in [-0.05, 0) is 26.4 Å². The largest absolute Gasteiger partial charge is 0.469 e. The van der Waals surface area contributed by atoms with Gasteiger partial charge in [-0.2, -0.15) is 0 Å². The highest BCUT2D eigenvalue weighted by Crippen LogP contribution is 1.92. The number of ether oxygens (including phenoxy) is 1. The summed E-state index contributed by atoms with van der Waals surface area (Å²) in [6, 6.07) is 0. The summed E-state index contributed by atoms with van der Waals surface area (Å²) in [6.45, 7) is 4.00. The van der Waals surface area contributed by atoms with Gasteiger partial charge in [0.2, 0.25) is 5.91 Å². The number of hydrogen-bond acceptors (Lipinski definition) is 4. The van der Waals surface area contributed by atoms with Gasteiger partial charge in [0.05, 0.1) is 13.7 Å². The molecule has 0 bridgehead atoms. The Morgan fingerprint density at radius 2 is 2.00 bits per heavy atom. The minimum absolute atomic E-state index is 0.00784. The van der Waals surface area contributed by atoms with E-state index in [0.29, 0.717) is 25.9 Å². The molecule has 0 aliphatic carbocycles. The number of hydrogen-bond donors (Lipinski definition) is 1. The summed E-state index contributed by atoms with van der Waals surface area (Å²) >= 11 is 0. The SMILES string of the molecule is CCCCN(C)CC(=O)NCCCC(=O)OC. The molecule has 1 N–H and O–H groups in total. The second kappa shape index (κ2) is 10.1. The van der Waals surface area contributed by atoms with E-state index in [1.54, 1.807) is 0 Å². The summed E-state index contributed by atoms with van der Waals surface area (Å²) in [6.07, 6.45) is 3.21. The predicted molar refractivity (Wildman–Crippen MR) is 66.7 cm³/mol. The van der Waals surface area contributed by atoms with Crippen LogP contribution in [0.3, 0.4) is 0 Å². The molecule has 0 aliphatic heterocycles. The number of methoxy groups -OCH3 is 1. The lowest BCUT2D eigenvalue weighted by Gasteiger charge is -2.15. The molecule has 1 amide bonds. The highest BCUT2D eigenvalue weighted by molar-refractivity contribution is 5.78. The minimum atomic E-state index is -0.237. The smallest absolute Gasteiger partial charge is 0.305 e. The van der Waals surface area contributed by atoms with Crippen molar-refractivity contribution < 1.29 is 14.3 Å². The summed E-state index contributed by atoms with van der Waals surface area (Å²) in [5.41, 5.74) is 0. The van der Waals surface area contributed by atoms with E-state index in [9.17, 15) is 9.59 Å². The third-order valence-corrected chi connectivity index (χ3v) is 2.41. The lowest BCUT2D eigenvalue weighted by atomic mass is 10.3. The van der Waals surface area contributed by atoms with Crippen molar-refractivity contribution in [3.8, 4) is 0 Å². The van der Waals surface area contributed by atoms with Crippen LogP contribution < -0.4 is 5.32 Å². The first kappa shape index (κ1) is 15.9. The molecular weight excluding hydrogens is 220 g/mol. The maximum atomic E-state index is 11.5. The van der Waals surface area contributed by atoms with Crippen LogP contribution in [0.4, 0.5) is 0 Å². The Morgan fingerprint density at radius 1 is 1.29 bits per heavy atom. The molecule has 100 valence electrons. The average Bonchev–Trinajstić information content (AvgIpc) is 2.31. The number of esters is 1. The number of unbranched alkanes of at least 4 members (excludes halogenated alkanes) is 1. The first-order valence-electron chi connectivity index (χ1n) is 6.12. The zero-order valence-corrected chi connectivity index (χ0v) is 11.1. The number of amides is 1. The van der Waals surface area contributed by atoms with E-state index in [0.717, 1.165) is 19.4 Å². The molecule has 0 unspecified atom stereocenters. The maximum Gasteiger partial charge on any atom is 0.305 e. The van der Waals surface area contributed by atoms with E-state index >= 15 is 0 Å². The fourth-order valence-electron chi connectivity index (χ4n) is 1.37. The van der Waals surface area contributed by atoms with Gasteiger partial charge in [0.1, 0.15) is 0 Å². The van der Waals surface area contributed by atoms with Crippen LogP contribution in [0.25, 0.3) is 0 Å². The quantitative estimate of drug-likeness (QED) is 0.481. The van der Waals surface area contributed by atoms with Gasteiger partial charge in [0.15, 0.2) is 0 Å². The zero-order valence-electron chi connectivity index (χ0n) is 11.1. The number of likely N-dealkylation sites (N-methyl/N-ethyl adjacent to an activating group) is 1. The summed E-state index contributed by atoms with van der Waals surface area (Å²) in [4.78, 5) is 24.3. The van der Waals surface area contributed by atoms with Crippen LogP contribution in [0.1, 0.15) is 32.6 Å². The second-order valence-electron chi connectivity index (χ2n) is 4.12. The van der Waals surface area contributed by atoms with Crippen molar-refractivity contribution >= 4 is 11.9 Å². The normalized spacial score (nSPS) is 10.4. The van der Waals surface area contributed by atoms with Crippen molar-refractivity contribution in [3.63, 3.8) is 0 Å². The molecule has 0 spiro atoms. The van der Waals surface area contributed by atoms with Gasteiger partial charge in [0.25, 0.3) is 0 Å². The Kier molecular flexibility index (Phi) is 9.43. The number of carbonyl (C=O) groups is 2. The Bertz CT molecular complexity index is 232. The first-order valence-corrected chi connectivity index (χ1v) is 6.12. The fraction of sp³-hybridized carbons (Fsp3) is 0.833. The Labute approximate surface area is 103 Å². The molecule has 0 heterocycles. The predicted octanol–water partition coefficient (Wildman–Crippen LogP) is 0.788. The molecule has 0 radical (unpaired) electrons. The highest BCUT2D eigenvalue weighted by Gasteiger charge is 2.05. The summed E-state index contributed by atoms with van der Waals surface area (Å²) in [5.74, 6) is -0.229. The van der Waals surface area contributed by atoms with E-state index in [1.807, 2.05) is 11.9 Å². The average molecular weight is 244 g/mol. The van der Waals surface area contributed by atoms with E-state index < -0.39 is 0 Å². The van der Waals surface area contributed by atoms with Crippen LogP contribution in [-0.4, -0.2) is 50.6 Å². The van der Waals surface area contributed by atoms with Crippen molar-refractivity contribution in [2.45, 2.75) is 32.6 Å². The van der Waals surface area contributed by atoms with Gasteiger partial charge in [0, 0.05) is 13.0 Å². The molecule has 5 heteroatoms. The molecule has 0 aliphatic rings. The first-order chi connectivity index (χ1) is 8.10. The fourth-order valence-corrected chi connectivity index (χ4v) is 1.37. The highest BCUT2D eigenvalue weighted by atomic mass is 16.5. The lowest BCUT2D eigenvalue weighted by molar-refractivity contribution is -0.140. The number of rotatable bonds is 9. The topological polar surface area (TPSA) is 58.6 Å². The van der Waals surface area contributed by atoms with Crippen LogP contribution in [0.2, 0.25) is 0 Å². The van der Waals surface area contributed by atoms with Gasteiger partial charge >= 0.3 is 5.97 Å². The summed E-state index contributed by atoms with van der Waals surface area (Å²) in [5, 5.41) is 2.78. The molecule has 0 rings (SSSR count). The second-order valence-corrected chi connectivity index (χ2v) is 4.12. The van der Waals surface area contributed by atoms with E-state index in [2.05, 4.69) is 17.0 Å². The van der Waals surface area contributed by atoms with E-state index in [4.69, 9.17) is 0 Å². The standard InChI is InChI=1S/C12H24N2O3/c1-4-5-9-14(2)10-11(15)13-8-6-7-12(16)17-3/h4-10H2,1-3H3,(H,13,15). The van der Waals surface area contributed by atoms with Gasteiger partial charge in [-0.25, -0.2) is 0 Å².